The number of ether oxygens (including phenoxy) is 2. The minimum Gasteiger partial charge on any atom is -0.495 e. The molecule has 2 aromatic carbocycles. The molecule has 1 amide bonds. The first-order chi connectivity index (χ1) is 17.6. The van der Waals surface area contributed by atoms with Crippen LogP contribution in [0.4, 0.5) is 15.8 Å². The molecule has 0 atom stereocenters. The number of carbonyl (C=O) groups excluding carboxylic acids is 1. The highest BCUT2D eigenvalue weighted by Crippen LogP contribution is 2.31. The van der Waals surface area contributed by atoms with E-state index >= 15 is 0 Å². The summed E-state index contributed by atoms with van der Waals surface area (Å²) in [7, 11) is -6.90. The molecule has 0 saturated carbocycles. The second-order valence-electron chi connectivity index (χ2n) is 7.83. The van der Waals surface area contributed by atoms with Crippen LogP contribution in [0.3, 0.4) is 0 Å². The Morgan fingerprint density at radius 3 is 2.49 bits per heavy atom. The molecule has 37 heavy (non-hydrogen) atoms. The summed E-state index contributed by atoms with van der Waals surface area (Å²) in [6.45, 7) is 0.0877. The molecule has 10 nitrogen and oxygen atoms in total. The maximum absolute atomic E-state index is 14.6. The number of anilines is 2. The van der Waals surface area contributed by atoms with Gasteiger partial charge in [-0.3, -0.25) is 9.10 Å². The minimum absolute atomic E-state index is 0.0631. The second-order valence-corrected chi connectivity index (χ2v) is 12.8. The first-order valence-electron chi connectivity index (χ1n) is 11.0. The van der Waals surface area contributed by atoms with E-state index < -0.39 is 38.3 Å². The summed E-state index contributed by atoms with van der Waals surface area (Å²) in [4.78, 5) is 12.8. The molecule has 198 valence electrons. The number of rotatable bonds is 9. The number of hydrogen-bond acceptors (Lipinski definition) is 8. The Labute approximate surface area is 218 Å². The molecule has 1 aromatic heterocycles. The molecule has 0 spiro atoms. The second kappa shape index (κ2) is 11.1. The van der Waals surface area contributed by atoms with Gasteiger partial charge >= 0.3 is 0 Å². The number of nitrogens with one attached hydrogen (secondary N) is 1. The number of para-hydroxylation sites is 1. The number of carbonyl (C=O) groups is 1. The van der Waals surface area contributed by atoms with E-state index in [-0.39, 0.29) is 52.5 Å². The van der Waals surface area contributed by atoms with Gasteiger partial charge in [0.1, 0.15) is 27.2 Å². The van der Waals surface area contributed by atoms with Crippen LogP contribution in [0.15, 0.2) is 69.1 Å². The standard InChI is InChI=1S/C23H24FN3O7S3/c1-33-20-9-8-17(15-21(20)36(29,30)26-10-12-34-13-11-26)25-22(28)16-27(19-6-3-2-5-18(19)24)37(31,32)23-7-4-14-35-23/h2-9,14-15H,10-13,16H2,1H3,(H,25,28). The third kappa shape index (κ3) is 5.78. The molecule has 3 aromatic rings. The molecule has 0 bridgehead atoms. The van der Waals surface area contributed by atoms with Gasteiger partial charge in [0, 0.05) is 18.8 Å². The Morgan fingerprint density at radius 2 is 1.84 bits per heavy atom. The Morgan fingerprint density at radius 1 is 1.11 bits per heavy atom. The largest absolute Gasteiger partial charge is 0.495 e. The third-order valence-corrected chi connectivity index (χ3v) is 10.5. The van der Waals surface area contributed by atoms with E-state index in [2.05, 4.69) is 5.32 Å². The van der Waals surface area contributed by atoms with Gasteiger partial charge in [0.25, 0.3) is 10.0 Å². The van der Waals surface area contributed by atoms with E-state index in [4.69, 9.17) is 9.47 Å². The van der Waals surface area contributed by atoms with Crippen LogP contribution >= 0.6 is 11.3 Å². The Bertz CT molecular complexity index is 1470. The van der Waals surface area contributed by atoms with Crippen molar-refractivity contribution in [1.82, 2.24) is 4.31 Å². The molecule has 1 fully saturated rings. The highest BCUT2D eigenvalue weighted by atomic mass is 32.2. The van der Waals surface area contributed by atoms with E-state index in [1.165, 1.54) is 59.9 Å². The van der Waals surface area contributed by atoms with Crippen LogP contribution in [0, 0.1) is 5.82 Å². The number of halogens is 1. The van der Waals surface area contributed by atoms with Crippen molar-refractivity contribution in [3.8, 4) is 5.75 Å². The smallest absolute Gasteiger partial charge is 0.274 e. The van der Waals surface area contributed by atoms with Crippen LogP contribution in [0.25, 0.3) is 0 Å². The summed E-state index contributed by atoms with van der Waals surface area (Å²) in [5.74, 6) is -1.54. The molecule has 1 aliphatic heterocycles. The van der Waals surface area contributed by atoms with E-state index in [1.807, 2.05) is 0 Å². The molecule has 2 heterocycles. The van der Waals surface area contributed by atoms with Crippen molar-refractivity contribution < 1.29 is 35.5 Å². The topological polar surface area (TPSA) is 122 Å². The maximum atomic E-state index is 14.6. The molecular formula is C23H24FN3O7S3. The molecule has 0 aliphatic carbocycles. The van der Waals surface area contributed by atoms with E-state index in [9.17, 15) is 26.0 Å². The summed E-state index contributed by atoms with van der Waals surface area (Å²) in [5.41, 5.74) is -0.198. The average Bonchev–Trinajstić information content (AvgIpc) is 3.44. The molecule has 0 unspecified atom stereocenters. The zero-order valence-corrected chi connectivity index (χ0v) is 22.1. The predicted octanol–water partition coefficient (Wildman–Crippen LogP) is 2.75. The lowest BCUT2D eigenvalue weighted by Crippen LogP contribution is -2.40. The highest BCUT2D eigenvalue weighted by Gasteiger charge is 2.32. The van der Waals surface area contributed by atoms with Crippen LogP contribution < -0.4 is 14.4 Å². The molecule has 14 heteroatoms. The van der Waals surface area contributed by atoms with E-state index in [0.717, 1.165) is 17.4 Å². The Hall–Kier alpha value is -3.04. The number of hydrogen-bond donors (Lipinski definition) is 1. The van der Waals surface area contributed by atoms with Crippen LogP contribution in [0.2, 0.25) is 0 Å². The SMILES string of the molecule is COc1ccc(NC(=O)CN(c2ccccc2F)S(=O)(=O)c2cccs2)cc1S(=O)(=O)N1CCOCC1. The fourth-order valence-electron chi connectivity index (χ4n) is 3.69. The summed E-state index contributed by atoms with van der Waals surface area (Å²) >= 11 is 0.934. The summed E-state index contributed by atoms with van der Waals surface area (Å²) < 4.78 is 79.9. The van der Waals surface area contributed by atoms with Crippen LogP contribution in [0.1, 0.15) is 0 Å². The van der Waals surface area contributed by atoms with Gasteiger partial charge in [-0.2, -0.15) is 4.31 Å². The quantitative estimate of drug-likeness (QED) is 0.421. The summed E-state index contributed by atoms with van der Waals surface area (Å²) in [5, 5.41) is 4.07. The molecule has 1 N–H and O–H groups in total. The Kier molecular flexibility index (Phi) is 8.14. The molecular weight excluding hydrogens is 545 g/mol. The fourth-order valence-corrected chi connectivity index (χ4v) is 7.81. The minimum atomic E-state index is -4.26. The molecule has 1 aliphatic rings. The van der Waals surface area contributed by atoms with Gasteiger partial charge in [0.05, 0.1) is 26.0 Å². The zero-order valence-electron chi connectivity index (χ0n) is 19.7. The van der Waals surface area contributed by atoms with Gasteiger partial charge in [-0.15, -0.1) is 11.3 Å². The average molecular weight is 570 g/mol. The van der Waals surface area contributed by atoms with Gasteiger partial charge in [-0.05, 0) is 41.8 Å². The van der Waals surface area contributed by atoms with Gasteiger partial charge in [-0.1, -0.05) is 18.2 Å². The summed E-state index contributed by atoms with van der Waals surface area (Å²) in [6, 6.07) is 12.2. The summed E-state index contributed by atoms with van der Waals surface area (Å²) in [6.07, 6.45) is 0. The lowest BCUT2D eigenvalue weighted by Gasteiger charge is -2.27. The van der Waals surface area contributed by atoms with Crippen molar-refractivity contribution in [1.29, 1.82) is 0 Å². The van der Waals surface area contributed by atoms with Gasteiger partial charge < -0.3 is 14.8 Å². The number of methoxy groups -OCH3 is 1. The van der Waals surface area contributed by atoms with E-state index in [0.29, 0.717) is 4.31 Å². The molecule has 4 rings (SSSR count). The highest BCUT2D eigenvalue weighted by molar-refractivity contribution is 7.94. The molecule has 0 radical (unpaired) electrons. The maximum Gasteiger partial charge on any atom is 0.274 e. The van der Waals surface area contributed by atoms with Gasteiger partial charge in [0.2, 0.25) is 15.9 Å². The van der Waals surface area contributed by atoms with Crippen LogP contribution in [0.5, 0.6) is 5.75 Å². The number of thiophene rings is 1. The molecule has 1 saturated heterocycles. The monoisotopic (exact) mass is 569 g/mol. The fraction of sp³-hybridized carbons (Fsp3) is 0.261. The van der Waals surface area contributed by atoms with Crippen molar-refractivity contribution in [3.63, 3.8) is 0 Å². The van der Waals surface area contributed by atoms with Crippen LogP contribution in [-0.4, -0.2) is 67.0 Å². The number of benzene rings is 2. The Balaban J connectivity index is 1.63. The van der Waals surface area contributed by atoms with Gasteiger partial charge in [-0.25, -0.2) is 21.2 Å². The van der Waals surface area contributed by atoms with Crippen LogP contribution in [-0.2, 0) is 29.6 Å². The van der Waals surface area contributed by atoms with Crippen molar-refractivity contribution in [2.75, 3.05) is 49.6 Å². The van der Waals surface area contributed by atoms with Crippen molar-refractivity contribution in [2.24, 2.45) is 0 Å². The number of nitrogens with zero attached hydrogens (tertiary/aromatic N) is 2. The number of amides is 1. The van der Waals surface area contributed by atoms with E-state index in [1.54, 1.807) is 5.38 Å². The zero-order chi connectivity index (χ0) is 26.6. The lowest BCUT2D eigenvalue weighted by atomic mass is 10.3. The number of morpholine rings is 1. The van der Waals surface area contributed by atoms with Gasteiger partial charge in [0.15, 0.2) is 0 Å². The van der Waals surface area contributed by atoms with Crippen molar-refractivity contribution >= 4 is 48.7 Å². The van der Waals surface area contributed by atoms with Crippen molar-refractivity contribution in [3.05, 3.63) is 65.8 Å². The van der Waals surface area contributed by atoms with Crippen molar-refractivity contribution in [2.45, 2.75) is 9.10 Å². The first-order valence-corrected chi connectivity index (χ1v) is 14.8. The normalized spacial score (nSPS) is 14.8. The lowest BCUT2D eigenvalue weighted by molar-refractivity contribution is -0.114. The number of sulfonamides is 2. The third-order valence-electron chi connectivity index (χ3n) is 5.48. The first kappa shape index (κ1) is 27.0. The predicted molar refractivity (Wildman–Crippen MR) is 136 cm³/mol.